The molecule has 1 aromatic heterocycles. The number of aromatic nitrogens is 4. The van der Waals surface area contributed by atoms with Crippen LogP contribution in [0.15, 0.2) is 29.4 Å². The van der Waals surface area contributed by atoms with Gasteiger partial charge in [-0.15, -0.1) is 5.10 Å². The van der Waals surface area contributed by atoms with Gasteiger partial charge in [0.25, 0.3) is 0 Å². The van der Waals surface area contributed by atoms with Crippen molar-refractivity contribution in [2.75, 3.05) is 23.8 Å². The quantitative estimate of drug-likeness (QED) is 0.639. The van der Waals surface area contributed by atoms with Crippen LogP contribution in [0.5, 0.6) is 0 Å². The van der Waals surface area contributed by atoms with Crippen LogP contribution in [0, 0.1) is 6.92 Å². The van der Waals surface area contributed by atoms with E-state index in [0.29, 0.717) is 18.1 Å². The molecule has 1 aromatic carbocycles. The van der Waals surface area contributed by atoms with Gasteiger partial charge in [0.15, 0.2) is 9.84 Å². The summed E-state index contributed by atoms with van der Waals surface area (Å²) >= 11 is 1.26. The Morgan fingerprint density at radius 1 is 1.37 bits per heavy atom. The molecule has 146 valence electrons. The van der Waals surface area contributed by atoms with Crippen LogP contribution in [0.25, 0.3) is 5.69 Å². The fourth-order valence-corrected chi connectivity index (χ4v) is 5.70. The predicted molar refractivity (Wildman–Crippen MR) is 104 cm³/mol. The second-order valence-corrected chi connectivity index (χ2v) is 9.76. The molecule has 0 unspecified atom stereocenters. The number of tetrazole rings is 1. The van der Waals surface area contributed by atoms with Gasteiger partial charge in [0, 0.05) is 12.6 Å². The predicted octanol–water partition coefficient (Wildman–Crippen LogP) is 1.49. The van der Waals surface area contributed by atoms with Gasteiger partial charge < -0.3 is 4.90 Å². The molecule has 1 saturated heterocycles. The Labute approximate surface area is 163 Å². The topological polar surface area (TPSA) is 98.1 Å². The Kier molecular flexibility index (Phi) is 6.15. The second kappa shape index (κ2) is 8.39. The van der Waals surface area contributed by atoms with Crippen molar-refractivity contribution in [2.24, 2.45) is 0 Å². The Morgan fingerprint density at radius 3 is 2.81 bits per heavy atom. The Morgan fingerprint density at radius 2 is 2.15 bits per heavy atom. The van der Waals surface area contributed by atoms with E-state index >= 15 is 0 Å². The van der Waals surface area contributed by atoms with E-state index in [1.54, 1.807) is 9.58 Å². The number of rotatable bonds is 7. The molecular weight excluding hydrogens is 386 g/mol. The molecular formula is C17H23N5O3S2. The molecule has 0 N–H and O–H groups in total. The highest BCUT2D eigenvalue weighted by Crippen LogP contribution is 2.23. The summed E-state index contributed by atoms with van der Waals surface area (Å²) in [6, 6.07) is 7.52. The van der Waals surface area contributed by atoms with E-state index in [4.69, 9.17) is 0 Å². The van der Waals surface area contributed by atoms with Gasteiger partial charge >= 0.3 is 0 Å². The molecule has 0 aliphatic carbocycles. The SMILES string of the molecule is CCCN(C(=O)CSc1nnnn1-c1ccccc1C)[C@@H]1CCS(=O)(=O)C1. The fourth-order valence-electron chi connectivity index (χ4n) is 3.20. The van der Waals surface area contributed by atoms with Gasteiger partial charge in [0.1, 0.15) is 0 Å². The van der Waals surface area contributed by atoms with Crippen LogP contribution < -0.4 is 0 Å². The molecule has 1 amide bonds. The van der Waals surface area contributed by atoms with Crippen molar-refractivity contribution in [3.8, 4) is 5.69 Å². The number of carbonyl (C=O) groups excluding carboxylic acids is 1. The standard InChI is InChI=1S/C17H23N5O3S2/c1-3-9-21(14-8-10-27(24,25)12-14)16(23)11-26-17-18-19-20-22(17)15-7-5-4-6-13(15)2/h4-7,14H,3,8-12H2,1-2H3/t14-/m1/s1. The minimum atomic E-state index is -3.04. The molecule has 1 aliphatic rings. The summed E-state index contributed by atoms with van der Waals surface area (Å²) in [5.74, 6) is 0.306. The van der Waals surface area contributed by atoms with E-state index in [1.165, 1.54) is 11.8 Å². The molecule has 1 fully saturated rings. The highest BCUT2D eigenvalue weighted by molar-refractivity contribution is 7.99. The normalized spacial score (nSPS) is 18.5. The number of para-hydroxylation sites is 1. The van der Waals surface area contributed by atoms with Gasteiger partial charge in [-0.05, 0) is 41.8 Å². The number of thioether (sulfide) groups is 1. The smallest absolute Gasteiger partial charge is 0.233 e. The molecule has 2 heterocycles. The van der Waals surface area contributed by atoms with Gasteiger partial charge in [-0.25, -0.2) is 8.42 Å². The van der Waals surface area contributed by atoms with E-state index < -0.39 is 9.84 Å². The summed E-state index contributed by atoms with van der Waals surface area (Å²) in [4.78, 5) is 14.5. The molecule has 10 heteroatoms. The van der Waals surface area contributed by atoms with Gasteiger partial charge in [-0.2, -0.15) is 4.68 Å². The number of carbonyl (C=O) groups is 1. The van der Waals surface area contributed by atoms with E-state index in [1.807, 2.05) is 38.1 Å². The number of sulfone groups is 1. The maximum Gasteiger partial charge on any atom is 0.233 e. The van der Waals surface area contributed by atoms with Crippen LogP contribution in [-0.2, 0) is 14.6 Å². The number of benzene rings is 1. The first-order valence-electron chi connectivity index (χ1n) is 8.88. The zero-order valence-corrected chi connectivity index (χ0v) is 17.0. The Hall–Kier alpha value is -1.94. The van der Waals surface area contributed by atoms with Crippen LogP contribution in [0.4, 0.5) is 0 Å². The zero-order valence-electron chi connectivity index (χ0n) is 15.4. The van der Waals surface area contributed by atoms with Crippen molar-refractivity contribution < 1.29 is 13.2 Å². The van der Waals surface area contributed by atoms with Crippen molar-refractivity contribution in [2.45, 2.75) is 37.9 Å². The van der Waals surface area contributed by atoms with Crippen molar-refractivity contribution in [3.05, 3.63) is 29.8 Å². The number of nitrogens with zero attached hydrogens (tertiary/aromatic N) is 5. The molecule has 3 rings (SSSR count). The van der Waals surface area contributed by atoms with Crippen molar-refractivity contribution in [1.29, 1.82) is 0 Å². The van der Waals surface area contributed by atoms with Crippen molar-refractivity contribution >= 4 is 27.5 Å². The van der Waals surface area contributed by atoms with Gasteiger partial charge in [-0.3, -0.25) is 4.79 Å². The lowest BCUT2D eigenvalue weighted by molar-refractivity contribution is -0.130. The molecule has 1 aliphatic heterocycles. The average Bonchev–Trinajstić information content (AvgIpc) is 3.24. The summed E-state index contributed by atoms with van der Waals surface area (Å²) in [5.41, 5.74) is 1.89. The fraction of sp³-hybridized carbons (Fsp3) is 0.529. The maximum atomic E-state index is 12.8. The molecule has 8 nitrogen and oxygen atoms in total. The van der Waals surface area contributed by atoms with Crippen LogP contribution >= 0.6 is 11.8 Å². The van der Waals surface area contributed by atoms with E-state index in [0.717, 1.165) is 17.7 Å². The van der Waals surface area contributed by atoms with Crippen LogP contribution in [-0.4, -0.2) is 69.3 Å². The van der Waals surface area contributed by atoms with Crippen molar-refractivity contribution in [1.82, 2.24) is 25.1 Å². The average molecular weight is 410 g/mol. The maximum absolute atomic E-state index is 12.8. The monoisotopic (exact) mass is 409 g/mol. The zero-order chi connectivity index (χ0) is 19.4. The molecule has 0 saturated carbocycles. The highest BCUT2D eigenvalue weighted by atomic mass is 32.2. The van der Waals surface area contributed by atoms with Gasteiger partial charge in [0.2, 0.25) is 11.1 Å². The largest absolute Gasteiger partial charge is 0.338 e. The minimum Gasteiger partial charge on any atom is -0.338 e. The lowest BCUT2D eigenvalue weighted by Gasteiger charge is -2.27. The third-order valence-corrected chi connectivity index (χ3v) is 7.20. The van der Waals surface area contributed by atoms with E-state index in [9.17, 15) is 13.2 Å². The molecule has 0 bridgehead atoms. The van der Waals surface area contributed by atoms with Crippen LogP contribution in [0.3, 0.4) is 0 Å². The van der Waals surface area contributed by atoms with E-state index in [-0.39, 0.29) is 29.2 Å². The minimum absolute atomic E-state index is 0.0599. The highest BCUT2D eigenvalue weighted by Gasteiger charge is 2.34. The molecule has 27 heavy (non-hydrogen) atoms. The van der Waals surface area contributed by atoms with Crippen LogP contribution in [0.1, 0.15) is 25.3 Å². The first kappa shape index (κ1) is 19.8. The van der Waals surface area contributed by atoms with Crippen LogP contribution in [0.2, 0.25) is 0 Å². The molecule has 0 radical (unpaired) electrons. The first-order chi connectivity index (χ1) is 12.9. The Bertz CT molecular complexity index is 913. The molecule has 1 atom stereocenters. The van der Waals surface area contributed by atoms with Gasteiger partial charge in [-0.1, -0.05) is 36.9 Å². The summed E-state index contributed by atoms with van der Waals surface area (Å²) in [6.45, 7) is 4.51. The summed E-state index contributed by atoms with van der Waals surface area (Å²) in [6.07, 6.45) is 1.30. The van der Waals surface area contributed by atoms with Crippen molar-refractivity contribution in [3.63, 3.8) is 0 Å². The number of hydrogen-bond acceptors (Lipinski definition) is 7. The molecule has 2 aromatic rings. The summed E-state index contributed by atoms with van der Waals surface area (Å²) in [7, 11) is -3.04. The lowest BCUT2D eigenvalue weighted by Crippen LogP contribution is -2.42. The number of hydrogen-bond donors (Lipinski definition) is 0. The number of amides is 1. The Balaban J connectivity index is 1.70. The summed E-state index contributed by atoms with van der Waals surface area (Å²) < 4.78 is 25.2. The summed E-state index contributed by atoms with van der Waals surface area (Å²) in [5, 5.41) is 12.3. The number of aryl methyl sites for hydroxylation is 1. The second-order valence-electron chi connectivity index (χ2n) is 6.59. The third-order valence-electron chi connectivity index (χ3n) is 4.54. The third kappa shape index (κ3) is 4.67. The van der Waals surface area contributed by atoms with E-state index in [2.05, 4.69) is 15.5 Å². The molecule has 0 spiro atoms. The lowest BCUT2D eigenvalue weighted by atomic mass is 10.2. The van der Waals surface area contributed by atoms with Gasteiger partial charge in [0.05, 0.1) is 22.9 Å². The first-order valence-corrected chi connectivity index (χ1v) is 11.7.